The number of carboxylic acids is 1. The zero-order chi connectivity index (χ0) is 21.0. The molecule has 0 heterocycles. The minimum atomic E-state index is -3.58. The number of rotatable bonds is 8. The first-order valence-corrected chi connectivity index (χ1v) is 11.8. The van der Waals surface area contributed by atoms with Crippen LogP contribution in [0.1, 0.15) is 37.3 Å². The lowest BCUT2D eigenvalue weighted by Crippen LogP contribution is -2.22. The summed E-state index contributed by atoms with van der Waals surface area (Å²) in [6.07, 6.45) is 0.390. The van der Waals surface area contributed by atoms with Crippen molar-refractivity contribution >= 4 is 24.1 Å². The molecule has 0 aliphatic heterocycles. The van der Waals surface area contributed by atoms with Crippen molar-refractivity contribution in [3.05, 3.63) is 83.9 Å². The molecule has 29 heavy (non-hydrogen) atoms. The molecule has 3 rings (SSSR count). The highest BCUT2D eigenvalue weighted by Crippen LogP contribution is 2.56. The Balaban J connectivity index is 2.02. The number of aliphatic carboxylic acids is 1. The van der Waals surface area contributed by atoms with Gasteiger partial charge in [-0.15, -0.1) is 0 Å². The SMILES string of the molecule is CC(CC(c1cccc2ccccc12)C(C)P(=O)(O)Cc1ccccc1)C(=O)O. The summed E-state index contributed by atoms with van der Waals surface area (Å²) < 4.78 is 13.4. The Kier molecular flexibility index (Phi) is 6.56. The highest BCUT2D eigenvalue weighted by atomic mass is 31.2. The maximum absolute atomic E-state index is 13.4. The molecule has 0 aliphatic carbocycles. The number of hydrogen-bond acceptors (Lipinski definition) is 2. The summed E-state index contributed by atoms with van der Waals surface area (Å²) in [5.74, 6) is -1.84. The monoisotopic (exact) mass is 410 g/mol. The maximum atomic E-state index is 13.4. The van der Waals surface area contributed by atoms with Crippen molar-refractivity contribution in [3.63, 3.8) is 0 Å². The van der Waals surface area contributed by atoms with E-state index >= 15 is 0 Å². The van der Waals surface area contributed by atoms with E-state index in [-0.39, 0.29) is 12.1 Å². The largest absolute Gasteiger partial charge is 0.481 e. The van der Waals surface area contributed by atoms with Gasteiger partial charge in [0.05, 0.1) is 5.92 Å². The number of fused-ring (bicyclic) bond motifs is 1. The second kappa shape index (κ2) is 8.94. The summed E-state index contributed by atoms with van der Waals surface area (Å²) in [6, 6.07) is 23.1. The Hall–Kier alpha value is -2.42. The molecule has 0 aromatic heterocycles. The summed E-state index contributed by atoms with van der Waals surface area (Å²) in [6.45, 7) is 3.44. The lowest BCUT2D eigenvalue weighted by atomic mass is 9.84. The van der Waals surface area contributed by atoms with Gasteiger partial charge in [-0.1, -0.05) is 86.6 Å². The predicted octanol–water partition coefficient (Wildman–Crippen LogP) is 5.89. The van der Waals surface area contributed by atoms with Gasteiger partial charge in [0.25, 0.3) is 0 Å². The van der Waals surface area contributed by atoms with E-state index in [1.54, 1.807) is 13.8 Å². The summed E-state index contributed by atoms with van der Waals surface area (Å²) in [7, 11) is -3.58. The Bertz CT molecular complexity index is 1030. The standard InChI is InChI=1S/C24H27O4P/c1-17(24(25)26)15-23(22-14-8-12-20-11-6-7-13-21(20)22)18(2)29(27,28)16-19-9-4-3-5-10-19/h3-14,17-18,23H,15-16H2,1-2H3,(H,25,26)(H,27,28). The zero-order valence-corrected chi connectivity index (χ0v) is 17.6. The van der Waals surface area contributed by atoms with E-state index in [9.17, 15) is 19.4 Å². The molecule has 3 aromatic carbocycles. The van der Waals surface area contributed by atoms with Crippen LogP contribution in [0.2, 0.25) is 0 Å². The van der Waals surface area contributed by atoms with Crippen LogP contribution in [-0.2, 0) is 15.5 Å². The molecule has 3 aromatic rings. The molecule has 0 amide bonds. The quantitative estimate of drug-likeness (QED) is 0.454. The predicted molar refractivity (Wildman–Crippen MR) is 118 cm³/mol. The van der Waals surface area contributed by atoms with Crippen molar-refractivity contribution in [2.75, 3.05) is 0 Å². The molecule has 4 unspecified atom stereocenters. The number of carbonyl (C=O) groups is 1. The Morgan fingerprint density at radius 2 is 1.55 bits per heavy atom. The van der Waals surface area contributed by atoms with E-state index in [1.165, 1.54) is 0 Å². The van der Waals surface area contributed by atoms with Gasteiger partial charge in [0.15, 0.2) is 0 Å². The molecule has 0 spiro atoms. The van der Waals surface area contributed by atoms with Crippen molar-refractivity contribution in [1.29, 1.82) is 0 Å². The molecule has 0 fully saturated rings. The van der Waals surface area contributed by atoms with Crippen LogP contribution in [-0.4, -0.2) is 21.6 Å². The van der Waals surface area contributed by atoms with E-state index < -0.39 is 24.9 Å². The lowest BCUT2D eigenvalue weighted by molar-refractivity contribution is -0.141. The van der Waals surface area contributed by atoms with Crippen molar-refractivity contribution in [3.8, 4) is 0 Å². The zero-order valence-electron chi connectivity index (χ0n) is 16.7. The van der Waals surface area contributed by atoms with Gasteiger partial charge in [0, 0.05) is 11.8 Å². The summed E-state index contributed by atoms with van der Waals surface area (Å²) >= 11 is 0. The van der Waals surface area contributed by atoms with Crippen LogP contribution in [0.25, 0.3) is 10.8 Å². The molecule has 0 aliphatic rings. The molecule has 0 bridgehead atoms. The number of carboxylic acid groups (broad SMARTS) is 1. The summed E-state index contributed by atoms with van der Waals surface area (Å²) in [4.78, 5) is 22.6. The third kappa shape index (κ3) is 4.95. The van der Waals surface area contributed by atoms with E-state index in [4.69, 9.17) is 0 Å². The fourth-order valence-electron chi connectivity index (χ4n) is 3.91. The van der Waals surface area contributed by atoms with Crippen LogP contribution in [0.5, 0.6) is 0 Å². The molecule has 5 heteroatoms. The second-order valence-electron chi connectivity index (χ2n) is 7.79. The van der Waals surface area contributed by atoms with Gasteiger partial charge in [0.2, 0.25) is 7.37 Å². The molecule has 4 nitrogen and oxygen atoms in total. The maximum Gasteiger partial charge on any atom is 0.306 e. The van der Waals surface area contributed by atoms with Crippen LogP contribution in [0, 0.1) is 5.92 Å². The third-order valence-electron chi connectivity index (χ3n) is 5.72. The summed E-state index contributed by atoms with van der Waals surface area (Å²) in [5.41, 5.74) is 1.18. The molecule has 4 atom stereocenters. The van der Waals surface area contributed by atoms with E-state index in [1.807, 2.05) is 72.8 Å². The first-order chi connectivity index (χ1) is 13.8. The van der Waals surface area contributed by atoms with E-state index in [0.717, 1.165) is 21.9 Å². The summed E-state index contributed by atoms with van der Waals surface area (Å²) in [5, 5.41) is 11.5. The van der Waals surface area contributed by atoms with Crippen molar-refractivity contribution < 1.29 is 19.4 Å². The number of hydrogen-bond donors (Lipinski definition) is 2. The average molecular weight is 410 g/mol. The normalized spacial score (nSPS) is 16.7. The van der Waals surface area contributed by atoms with Crippen LogP contribution in [0.15, 0.2) is 72.8 Å². The van der Waals surface area contributed by atoms with Crippen LogP contribution < -0.4 is 0 Å². The molecule has 0 saturated carbocycles. The third-order valence-corrected chi connectivity index (χ3v) is 8.17. The minimum absolute atomic E-state index is 0.0811. The van der Waals surface area contributed by atoms with E-state index in [0.29, 0.717) is 6.42 Å². The van der Waals surface area contributed by atoms with Crippen LogP contribution >= 0.6 is 7.37 Å². The second-order valence-corrected chi connectivity index (χ2v) is 10.4. The van der Waals surface area contributed by atoms with Crippen LogP contribution in [0.4, 0.5) is 0 Å². The van der Waals surface area contributed by atoms with Gasteiger partial charge in [0.1, 0.15) is 0 Å². The number of benzene rings is 3. The minimum Gasteiger partial charge on any atom is -0.481 e. The Labute approximate surface area is 171 Å². The fraction of sp³-hybridized carbons (Fsp3) is 0.292. The van der Waals surface area contributed by atoms with Gasteiger partial charge in [-0.3, -0.25) is 9.36 Å². The van der Waals surface area contributed by atoms with Crippen molar-refractivity contribution in [2.24, 2.45) is 5.92 Å². The first kappa shape index (κ1) is 21.3. The smallest absolute Gasteiger partial charge is 0.306 e. The molecule has 152 valence electrons. The Morgan fingerprint density at radius 3 is 2.24 bits per heavy atom. The lowest BCUT2D eigenvalue weighted by Gasteiger charge is -2.30. The van der Waals surface area contributed by atoms with Gasteiger partial charge in [-0.25, -0.2) is 0 Å². The van der Waals surface area contributed by atoms with Gasteiger partial charge >= 0.3 is 5.97 Å². The highest BCUT2D eigenvalue weighted by Gasteiger charge is 2.36. The first-order valence-electron chi connectivity index (χ1n) is 9.85. The van der Waals surface area contributed by atoms with Gasteiger partial charge in [-0.05, 0) is 34.2 Å². The van der Waals surface area contributed by atoms with E-state index in [2.05, 4.69) is 0 Å². The molecule has 0 saturated heterocycles. The fourth-order valence-corrected chi connectivity index (χ4v) is 5.78. The topological polar surface area (TPSA) is 74.6 Å². The molecular formula is C24H27O4P. The average Bonchev–Trinajstić information content (AvgIpc) is 2.71. The molecule has 2 N–H and O–H groups in total. The van der Waals surface area contributed by atoms with Crippen LogP contribution in [0.3, 0.4) is 0 Å². The van der Waals surface area contributed by atoms with Gasteiger partial charge < -0.3 is 10.00 Å². The molecular weight excluding hydrogens is 383 g/mol. The van der Waals surface area contributed by atoms with Crippen molar-refractivity contribution in [1.82, 2.24) is 0 Å². The van der Waals surface area contributed by atoms with Gasteiger partial charge in [-0.2, -0.15) is 0 Å². The molecule has 0 radical (unpaired) electrons. The Morgan fingerprint density at radius 1 is 0.931 bits per heavy atom. The highest BCUT2D eigenvalue weighted by molar-refractivity contribution is 7.58. The van der Waals surface area contributed by atoms with Crippen molar-refractivity contribution in [2.45, 2.75) is 38.0 Å².